The summed E-state index contributed by atoms with van der Waals surface area (Å²) < 4.78 is 11.6. The van der Waals surface area contributed by atoms with Gasteiger partial charge in [-0.05, 0) is 26.7 Å². The second-order valence-corrected chi connectivity index (χ2v) is 4.31. The van der Waals surface area contributed by atoms with Gasteiger partial charge in [0.05, 0.1) is 12.2 Å². The van der Waals surface area contributed by atoms with Gasteiger partial charge in [-0.15, -0.1) is 0 Å². The summed E-state index contributed by atoms with van der Waals surface area (Å²) in [6, 6.07) is 0. The Morgan fingerprint density at radius 3 is 2.33 bits per heavy atom. The van der Waals surface area contributed by atoms with E-state index in [0.29, 0.717) is 6.61 Å². The molecule has 1 atom stereocenters. The first kappa shape index (κ1) is 8.52. The summed E-state index contributed by atoms with van der Waals surface area (Å²) in [5.41, 5.74) is -0.308. The Labute approximate surface area is 74.2 Å². The van der Waals surface area contributed by atoms with Gasteiger partial charge in [0.25, 0.3) is 0 Å². The van der Waals surface area contributed by atoms with Gasteiger partial charge in [-0.1, -0.05) is 6.42 Å². The summed E-state index contributed by atoms with van der Waals surface area (Å²) in [4.78, 5) is 0. The minimum Gasteiger partial charge on any atom is -0.347 e. The van der Waals surface area contributed by atoms with Crippen LogP contribution in [0.4, 0.5) is 0 Å². The van der Waals surface area contributed by atoms with Crippen LogP contribution >= 0.6 is 0 Å². The van der Waals surface area contributed by atoms with E-state index in [2.05, 4.69) is 6.92 Å². The van der Waals surface area contributed by atoms with Crippen LogP contribution in [0.1, 0.15) is 39.0 Å². The maximum atomic E-state index is 5.84. The van der Waals surface area contributed by atoms with Crippen LogP contribution in [0.5, 0.6) is 0 Å². The second-order valence-electron chi connectivity index (χ2n) is 4.31. The summed E-state index contributed by atoms with van der Waals surface area (Å²) in [6.45, 7) is 6.61. The molecule has 2 fully saturated rings. The van der Waals surface area contributed by atoms with E-state index in [0.717, 1.165) is 12.8 Å². The fraction of sp³-hybridized carbons (Fsp3) is 0.900. The highest BCUT2D eigenvalue weighted by atomic mass is 16.8. The Bertz CT molecular complexity index is 169. The Hall–Kier alpha value is -0.0800. The fourth-order valence-corrected chi connectivity index (χ4v) is 2.13. The molecule has 69 valence electrons. The molecular formula is C10H17O2. The molecule has 1 saturated heterocycles. The Morgan fingerprint density at radius 1 is 1.17 bits per heavy atom. The third-order valence-corrected chi connectivity index (χ3v) is 2.69. The SMILES string of the molecule is [CH2][C@@]1(C)COC2(CCCCC2)O1. The van der Waals surface area contributed by atoms with Gasteiger partial charge in [0.15, 0.2) is 5.79 Å². The van der Waals surface area contributed by atoms with E-state index in [1.54, 1.807) is 0 Å². The summed E-state index contributed by atoms with van der Waals surface area (Å²) in [5.74, 6) is -0.255. The Morgan fingerprint density at radius 2 is 1.83 bits per heavy atom. The number of hydrogen-bond donors (Lipinski definition) is 0. The molecule has 0 bridgehead atoms. The van der Waals surface area contributed by atoms with E-state index < -0.39 is 0 Å². The van der Waals surface area contributed by atoms with Crippen molar-refractivity contribution in [3.63, 3.8) is 0 Å². The van der Waals surface area contributed by atoms with Crippen LogP contribution in [0.2, 0.25) is 0 Å². The van der Waals surface area contributed by atoms with Crippen molar-refractivity contribution in [3.8, 4) is 0 Å². The zero-order chi connectivity index (χ0) is 8.66. The summed E-state index contributed by atoms with van der Waals surface area (Å²) in [5, 5.41) is 0. The van der Waals surface area contributed by atoms with Crippen LogP contribution in [0, 0.1) is 6.92 Å². The van der Waals surface area contributed by atoms with E-state index in [4.69, 9.17) is 9.47 Å². The highest BCUT2D eigenvalue weighted by molar-refractivity contribution is 4.90. The molecule has 1 spiro atoms. The third-order valence-electron chi connectivity index (χ3n) is 2.69. The van der Waals surface area contributed by atoms with E-state index in [9.17, 15) is 0 Å². The molecule has 12 heavy (non-hydrogen) atoms. The topological polar surface area (TPSA) is 18.5 Å². The standard InChI is InChI=1S/C10H17O2/c1-9(2)8-11-10(12-9)6-4-3-5-7-10/h1,3-8H2,2H3/t9-/m1/s1. The number of ether oxygens (including phenoxy) is 2. The lowest BCUT2D eigenvalue weighted by molar-refractivity contribution is -0.195. The molecule has 0 unspecified atom stereocenters. The maximum Gasteiger partial charge on any atom is 0.169 e. The highest BCUT2D eigenvalue weighted by Crippen LogP contribution is 2.40. The molecule has 0 aromatic heterocycles. The van der Waals surface area contributed by atoms with Crippen LogP contribution in [-0.4, -0.2) is 18.0 Å². The average molecular weight is 169 g/mol. The normalized spacial score (nSPS) is 32.5. The van der Waals surface area contributed by atoms with E-state index in [-0.39, 0.29) is 11.4 Å². The van der Waals surface area contributed by atoms with Gasteiger partial charge in [0, 0.05) is 12.8 Å². The molecule has 1 aliphatic carbocycles. The molecule has 1 saturated carbocycles. The van der Waals surface area contributed by atoms with Gasteiger partial charge in [-0.2, -0.15) is 0 Å². The van der Waals surface area contributed by atoms with E-state index >= 15 is 0 Å². The molecule has 2 heteroatoms. The number of hydrogen-bond acceptors (Lipinski definition) is 2. The monoisotopic (exact) mass is 169 g/mol. The van der Waals surface area contributed by atoms with Crippen LogP contribution in [-0.2, 0) is 9.47 Å². The molecule has 2 aliphatic rings. The molecule has 0 N–H and O–H groups in total. The van der Waals surface area contributed by atoms with Crippen molar-refractivity contribution >= 4 is 0 Å². The lowest BCUT2D eigenvalue weighted by Gasteiger charge is -2.32. The Balaban J connectivity index is 2.03. The minimum atomic E-state index is -0.308. The molecule has 2 nitrogen and oxygen atoms in total. The van der Waals surface area contributed by atoms with Gasteiger partial charge in [0.2, 0.25) is 0 Å². The second kappa shape index (κ2) is 2.71. The van der Waals surface area contributed by atoms with Gasteiger partial charge < -0.3 is 9.47 Å². The summed E-state index contributed by atoms with van der Waals surface area (Å²) in [7, 11) is 0. The lowest BCUT2D eigenvalue weighted by Crippen LogP contribution is -2.35. The van der Waals surface area contributed by atoms with Crippen LogP contribution in [0.25, 0.3) is 0 Å². The van der Waals surface area contributed by atoms with Crippen molar-refractivity contribution < 1.29 is 9.47 Å². The van der Waals surface area contributed by atoms with Crippen LogP contribution in [0.15, 0.2) is 0 Å². The largest absolute Gasteiger partial charge is 0.347 e. The third kappa shape index (κ3) is 1.50. The smallest absolute Gasteiger partial charge is 0.169 e. The van der Waals surface area contributed by atoms with Crippen LogP contribution < -0.4 is 0 Å². The maximum absolute atomic E-state index is 5.84. The highest BCUT2D eigenvalue weighted by Gasteiger charge is 2.45. The number of rotatable bonds is 0. The first-order chi connectivity index (χ1) is 5.62. The predicted octanol–water partition coefficient (Wildman–Crippen LogP) is 2.29. The van der Waals surface area contributed by atoms with E-state index in [1.165, 1.54) is 19.3 Å². The van der Waals surface area contributed by atoms with Crippen molar-refractivity contribution in [1.29, 1.82) is 0 Å². The zero-order valence-corrected chi connectivity index (χ0v) is 7.77. The van der Waals surface area contributed by atoms with Crippen molar-refractivity contribution in [1.82, 2.24) is 0 Å². The van der Waals surface area contributed by atoms with E-state index in [1.807, 2.05) is 6.92 Å². The molecule has 0 amide bonds. The molecule has 2 rings (SSSR count). The van der Waals surface area contributed by atoms with Crippen molar-refractivity contribution in [2.45, 2.75) is 50.4 Å². The minimum absolute atomic E-state index is 0.255. The average Bonchev–Trinajstić information content (AvgIpc) is 2.29. The lowest BCUT2D eigenvalue weighted by atomic mass is 9.94. The summed E-state index contributed by atoms with van der Waals surface area (Å²) >= 11 is 0. The first-order valence-corrected chi connectivity index (χ1v) is 4.82. The van der Waals surface area contributed by atoms with Gasteiger partial charge in [0.1, 0.15) is 0 Å². The van der Waals surface area contributed by atoms with Crippen molar-refractivity contribution in [3.05, 3.63) is 6.92 Å². The van der Waals surface area contributed by atoms with Gasteiger partial charge in [-0.3, -0.25) is 0 Å². The van der Waals surface area contributed by atoms with Crippen molar-refractivity contribution in [2.24, 2.45) is 0 Å². The molecular weight excluding hydrogens is 152 g/mol. The fourth-order valence-electron chi connectivity index (χ4n) is 2.13. The Kier molecular flexibility index (Phi) is 1.92. The molecule has 1 radical (unpaired) electrons. The molecule has 0 aromatic rings. The van der Waals surface area contributed by atoms with Crippen LogP contribution in [0.3, 0.4) is 0 Å². The predicted molar refractivity (Wildman–Crippen MR) is 46.6 cm³/mol. The first-order valence-electron chi connectivity index (χ1n) is 4.82. The zero-order valence-electron chi connectivity index (χ0n) is 7.77. The van der Waals surface area contributed by atoms with Gasteiger partial charge >= 0.3 is 0 Å². The van der Waals surface area contributed by atoms with Gasteiger partial charge in [-0.25, -0.2) is 0 Å². The van der Waals surface area contributed by atoms with Crippen molar-refractivity contribution in [2.75, 3.05) is 6.61 Å². The quantitative estimate of drug-likeness (QED) is 0.554. The summed E-state index contributed by atoms with van der Waals surface area (Å²) in [6.07, 6.45) is 5.89. The molecule has 0 aromatic carbocycles. The molecule has 1 heterocycles. The molecule has 1 aliphatic heterocycles.